The van der Waals surface area contributed by atoms with Gasteiger partial charge in [0.15, 0.2) is 0 Å². The number of carbonyl (C=O) groups excluding carboxylic acids is 1. The van der Waals surface area contributed by atoms with Crippen molar-refractivity contribution in [2.45, 2.75) is 45.3 Å². The highest BCUT2D eigenvalue weighted by atomic mass is 16.2. The topological polar surface area (TPSA) is 65.1 Å². The van der Waals surface area contributed by atoms with Crippen molar-refractivity contribution in [1.29, 1.82) is 0 Å². The predicted octanol–water partition coefficient (Wildman–Crippen LogP) is 3.36. The van der Waals surface area contributed by atoms with E-state index in [1.54, 1.807) is 19.3 Å². The molecule has 1 aliphatic heterocycles. The van der Waals surface area contributed by atoms with Crippen LogP contribution >= 0.6 is 0 Å². The number of carbonyl (C=O) groups is 1. The molecule has 0 unspecified atom stereocenters. The van der Waals surface area contributed by atoms with Crippen LogP contribution in [0.2, 0.25) is 0 Å². The van der Waals surface area contributed by atoms with Crippen LogP contribution in [0.1, 0.15) is 37.3 Å². The SMILES string of the molecule is CC(=O)N(Cc1cncnc1)[C@H]1CCCN(Cc2cccc3cc[nH]c23)CC1. The van der Waals surface area contributed by atoms with Gasteiger partial charge in [0.2, 0.25) is 5.91 Å². The van der Waals surface area contributed by atoms with Crippen LogP contribution in [-0.2, 0) is 17.9 Å². The van der Waals surface area contributed by atoms with Crippen LogP contribution in [0, 0.1) is 0 Å². The van der Waals surface area contributed by atoms with E-state index in [1.807, 2.05) is 11.1 Å². The number of H-pyrrole nitrogens is 1. The summed E-state index contributed by atoms with van der Waals surface area (Å²) in [4.78, 5) is 28.4. The summed E-state index contributed by atoms with van der Waals surface area (Å²) < 4.78 is 0. The number of likely N-dealkylation sites (tertiary alicyclic amines) is 1. The van der Waals surface area contributed by atoms with Gasteiger partial charge in [-0.3, -0.25) is 9.69 Å². The number of benzene rings is 1. The summed E-state index contributed by atoms with van der Waals surface area (Å²) in [7, 11) is 0. The Morgan fingerprint density at radius 1 is 1.21 bits per heavy atom. The van der Waals surface area contributed by atoms with Crippen molar-refractivity contribution >= 4 is 16.8 Å². The van der Waals surface area contributed by atoms with Crippen molar-refractivity contribution in [3.05, 3.63) is 60.3 Å². The number of hydrogen-bond acceptors (Lipinski definition) is 4. The highest BCUT2D eigenvalue weighted by molar-refractivity contribution is 5.82. The molecule has 1 aromatic carbocycles. The van der Waals surface area contributed by atoms with Crippen LogP contribution < -0.4 is 0 Å². The molecular weight excluding hydrogens is 350 g/mol. The van der Waals surface area contributed by atoms with E-state index in [4.69, 9.17) is 0 Å². The summed E-state index contributed by atoms with van der Waals surface area (Å²) in [5, 5.41) is 1.26. The van der Waals surface area contributed by atoms with E-state index in [-0.39, 0.29) is 11.9 Å². The first-order valence-electron chi connectivity index (χ1n) is 9.99. The summed E-state index contributed by atoms with van der Waals surface area (Å²) in [6, 6.07) is 8.87. The van der Waals surface area contributed by atoms with Gasteiger partial charge in [-0.2, -0.15) is 0 Å². The molecule has 0 spiro atoms. The maximum Gasteiger partial charge on any atom is 0.219 e. The Morgan fingerprint density at radius 2 is 2.07 bits per heavy atom. The van der Waals surface area contributed by atoms with Crippen molar-refractivity contribution in [2.75, 3.05) is 13.1 Å². The highest BCUT2D eigenvalue weighted by Crippen LogP contribution is 2.23. The molecule has 2 aromatic heterocycles. The predicted molar refractivity (Wildman–Crippen MR) is 109 cm³/mol. The van der Waals surface area contributed by atoms with Gasteiger partial charge in [0, 0.05) is 62.3 Å². The Hall–Kier alpha value is -2.73. The van der Waals surface area contributed by atoms with Gasteiger partial charge in [-0.25, -0.2) is 9.97 Å². The van der Waals surface area contributed by atoms with Crippen molar-refractivity contribution in [2.24, 2.45) is 0 Å². The fraction of sp³-hybridized carbons (Fsp3) is 0.409. The van der Waals surface area contributed by atoms with E-state index >= 15 is 0 Å². The molecule has 1 amide bonds. The number of hydrogen-bond donors (Lipinski definition) is 1. The number of nitrogens with zero attached hydrogens (tertiary/aromatic N) is 4. The maximum atomic E-state index is 12.3. The van der Waals surface area contributed by atoms with Gasteiger partial charge in [0.25, 0.3) is 0 Å². The highest BCUT2D eigenvalue weighted by Gasteiger charge is 2.25. The molecule has 0 radical (unpaired) electrons. The summed E-state index contributed by atoms with van der Waals surface area (Å²) in [6.07, 6.45) is 10.2. The Labute approximate surface area is 165 Å². The number of amides is 1. The van der Waals surface area contributed by atoms with E-state index in [9.17, 15) is 4.79 Å². The van der Waals surface area contributed by atoms with Crippen molar-refractivity contribution in [3.63, 3.8) is 0 Å². The van der Waals surface area contributed by atoms with E-state index in [0.29, 0.717) is 6.54 Å². The van der Waals surface area contributed by atoms with Crippen molar-refractivity contribution in [1.82, 2.24) is 24.8 Å². The largest absolute Gasteiger partial charge is 0.361 e. The molecule has 146 valence electrons. The standard InChI is InChI=1S/C22H27N5O/c1-17(28)27(14-18-12-23-16-24-13-18)21-6-3-10-26(11-8-21)15-20-5-2-4-19-7-9-25-22(19)20/h2,4-5,7,9,12-13,16,21,25H,3,6,8,10-11,14-15H2,1H3/t21-/m0/s1. The van der Waals surface area contributed by atoms with E-state index in [1.165, 1.54) is 22.8 Å². The quantitative estimate of drug-likeness (QED) is 0.740. The van der Waals surface area contributed by atoms with Crippen LogP contribution in [0.5, 0.6) is 0 Å². The first-order chi connectivity index (χ1) is 13.7. The van der Waals surface area contributed by atoms with Crippen LogP contribution in [0.15, 0.2) is 49.2 Å². The Bertz CT molecular complexity index is 923. The van der Waals surface area contributed by atoms with E-state index < -0.39 is 0 Å². The molecule has 1 saturated heterocycles. The third kappa shape index (κ3) is 4.22. The van der Waals surface area contributed by atoms with Gasteiger partial charge in [-0.05, 0) is 42.8 Å². The number of nitrogens with one attached hydrogen (secondary N) is 1. The van der Waals surface area contributed by atoms with Crippen LogP contribution in [0.3, 0.4) is 0 Å². The number of fused-ring (bicyclic) bond motifs is 1. The van der Waals surface area contributed by atoms with Gasteiger partial charge < -0.3 is 9.88 Å². The van der Waals surface area contributed by atoms with E-state index in [2.05, 4.69) is 44.1 Å². The fourth-order valence-corrected chi connectivity index (χ4v) is 4.24. The molecule has 6 nitrogen and oxygen atoms in total. The lowest BCUT2D eigenvalue weighted by Crippen LogP contribution is -2.39. The molecule has 1 fully saturated rings. The molecule has 0 bridgehead atoms. The minimum Gasteiger partial charge on any atom is -0.361 e. The maximum absolute atomic E-state index is 12.3. The molecular formula is C22H27N5O. The lowest BCUT2D eigenvalue weighted by atomic mass is 10.1. The van der Waals surface area contributed by atoms with Gasteiger partial charge >= 0.3 is 0 Å². The molecule has 1 atom stereocenters. The third-order valence-corrected chi connectivity index (χ3v) is 5.67. The second-order valence-electron chi connectivity index (χ2n) is 7.61. The Morgan fingerprint density at radius 3 is 2.89 bits per heavy atom. The first kappa shape index (κ1) is 18.6. The molecule has 4 rings (SSSR count). The summed E-state index contributed by atoms with van der Waals surface area (Å²) >= 11 is 0. The Balaban J connectivity index is 1.42. The fourth-order valence-electron chi connectivity index (χ4n) is 4.24. The molecule has 3 heterocycles. The van der Waals surface area contributed by atoms with Gasteiger partial charge in [0.05, 0.1) is 0 Å². The van der Waals surface area contributed by atoms with Crippen LogP contribution in [0.4, 0.5) is 0 Å². The normalized spacial score (nSPS) is 18.1. The summed E-state index contributed by atoms with van der Waals surface area (Å²) in [5.41, 5.74) is 3.56. The molecule has 1 aliphatic rings. The molecule has 1 N–H and O–H groups in total. The van der Waals surface area contributed by atoms with Crippen LogP contribution in [-0.4, -0.2) is 49.8 Å². The Kier molecular flexibility index (Phi) is 5.67. The molecule has 0 aliphatic carbocycles. The lowest BCUT2D eigenvalue weighted by molar-refractivity contribution is -0.132. The average Bonchev–Trinajstić information content (AvgIpc) is 3.08. The minimum atomic E-state index is 0.124. The summed E-state index contributed by atoms with van der Waals surface area (Å²) in [6.45, 7) is 5.25. The zero-order chi connectivity index (χ0) is 19.3. The lowest BCUT2D eigenvalue weighted by Gasteiger charge is -2.30. The molecule has 6 heteroatoms. The summed E-state index contributed by atoms with van der Waals surface area (Å²) in [5.74, 6) is 0.124. The van der Waals surface area contributed by atoms with Gasteiger partial charge in [-0.15, -0.1) is 0 Å². The van der Waals surface area contributed by atoms with Gasteiger partial charge in [0.1, 0.15) is 6.33 Å². The second kappa shape index (κ2) is 8.52. The third-order valence-electron chi connectivity index (χ3n) is 5.67. The number of aromatic amines is 1. The zero-order valence-electron chi connectivity index (χ0n) is 16.3. The average molecular weight is 377 g/mol. The van der Waals surface area contributed by atoms with Gasteiger partial charge in [-0.1, -0.05) is 18.2 Å². The number of rotatable bonds is 5. The zero-order valence-corrected chi connectivity index (χ0v) is 16.3. The second-order valence-corrected chi connectivity index (χ2v) is 7.61. The monoisotopic (exact) mass is 377 g/mol. The first-order valence-corrected chi connectivity index (χ1v) is 9.99. The minimum absolute atomic E-state index is 0.124. The number of para-hydroxylation sites is 1. The van der Waals surface area contributed by atoms with Crippen molar-refractivity contribution < 1.29 is 4.79 Å². The van der Waals surface area contributed by atoms with Crippen molar-refractivity contribution in [3.8, 4) is 0 Å². The molecule has 3 aromatic rings. The molecule has 28 heavy (non-hydrogen) atoms. The smallest absolute Gasteiger partial charge is 0.219 e. The van der Waals surface area contributed by atoms with E-state index in [0.717, 1.165) is 44.5 Å². The number of aromatic nitrogens is 3. The molecule has 0 saturated carbocycles. The van der Waals surface area contributed by atoms with Crippen LogP contribution in [0.25, 0.3) is 10.9 Å².